The van der Waals surface area contributed by atoms with E-state index < -0.39 is 5.60 Å². The summed E-state index contributed by atoms with van der Waals surface area (Å²) in [6, 6.07) is 11.3. The first kappa shape index (κ1) is 13.1. The van der Waals surface area contributed by atoms with Crippen molar-refractivity contribution in [1.29, 1.82) is 0 Å². The van der Waals surface area contributed by atoms with E-state index in [0.717, 1.165) is 5.56 Å². The Bertz CT molecular complexity index is 561. The van der Waals surface area contributed by atoms with Gasteiger partial charge in [-0.3, -0.25) is 0 Å². The Balaban J connectivity index is 2.53. The van der Waals surface area contributed by atoms with Crippen LogP contribution >= 0.6 is 11.6 Å². The lowest BCUT2D eigenvalue weighted by atomic mass is 9.85. The van der Waals surface area contributed by atoms with Gasteiger partial charge < -0.3 is 5.11 Å². The molecule has 0 radical (unpaired) electrons. The fraction of sp³-hybridized carbons (Fsp3) is 0.200. The molecular weight excluding hydrogens is 251 g/mol. The van der Waals surface area contributed by atoms with Gasteiger partial charge in [-0.1, -0.05) is 29.8 Å². The molecule has 1 nitrogen and oxygen atoms in total. The summed E-state index contributed by atoms with van der Waals surface area (Å²) in [5.74, 6) is -0.357. The van der Waals surface area contributed by atoms with Crippen LogP contribution in [0.2, 0.25) is 5.02 Å². The Morgan fingerprint density at radius 2 is 1.72 bits per heavy atom. The fourth-order valence-corrected chi connectivity index (χ4v) is 2.17. The van der Waals surface area contributed by atoms with Gasteiger partial charge in [0, 0.05) is 5.02 Å². The lowest BCUT2D eigenvalue weighted by Crippen LogP contribution is -2.24. The van der Waals surface area contributed by atoms with Crippen LogP contribution in [0.4, 0.5) is 4.39 Å². The van der Waals surface area contributed by atoms with E-state index in [0.29, 0.717) is 16.1 Å². The average Bonchev–Trinajstić information content (AvgIpc) is 2.32. The van der Waals surface area contributed by atoms with Gasteiger partial charge in [0.2, 0.25) is 0 Å². The van der Waals surface area contributed by atoms with E-state index >= 15 is 0 Å². The summed E-state index contributed by atoms with van der Waals surface area (Å²) in [4.78, 5) is 0. The van der Waals surface area contributed by atoms with Crippen LogP contribution in [0.1, 0.15) is 23.6 Å². The van der Waals surface area contributed by atoms with Crippen LogP contribution in [0.3, 0.4) is 0 Å². The van der Waals surface area contributed by atoms with Crippen molar-refractivity contribution >= 4 is 11.6 Å². The highest BCUT2D eigenvalue weighted by Crippen LogP contribution is 2.32. The molecule has 18 heavy (non-hydrogen) atoms. The van der Waals surface area contributed by atoms with Crippen molar-refractivity contribution in [2.45, 2.75) is 19.4 Å². The second-order valence-corrected chi connectivity index (χ2v) is 4.97. The average molecular weight is 265 g/mol. The SMILES string of the molecule is Cc1ccc(F)cc1C(C)(O)c1ccc(Cl)cc1. The maximum atomic E-state index is 13.3. The van der Waals surface area contributed by atoms with Crippen molar-refractivity contribution in [1.82, 2.24) is 0 Å². The van der Waals surface area contributed by atoms with E-state index in [1.807, 2.05) is 6.92 Å². The molecule has 2 rings (SSSR count). The zero-order valence-corrected chi connectivity index (χ0v) is 11.0. The van der Waals surface area contributed by atoms with Gasteiger partial charge in [-0.2, -0.15) is 0 Å². The number of aliphatic hydroxyl groups is 1. The number of hydrogen-bond acceptors (Lipinski definition) is 1. The Kier molecular flexibility index (Phi) is 3.42. The minimum atomic E-state index is -1.24. The van der Waals surface area contributed by atoms with Gasteiger partial charge >= 0.3 is 0 Å². The number of aryl methyl sites for hydroxylation is 1. The van der Waals surface area contributed by atoms with Crippen LogP contribution in [0.25, 0.3) is 0 Å². The van der Waals surface area contributed by atoms with Crippen LogP contribution in [0.5, 0.6) is 0 Å². The van der Waals surface area contributed by atoms with Crippen LogP contribution in [-0.2, 0) is 5.60 Å². The number of hydrogen-bond donors (Lipinski definition) is 1. The third-order valence-electron chi connectivity index (χ3n) is 3.13. The quantitative estimate of drug-likeness (QED) is 0.868. The minimum absolute atomic E-state index is 0.357. The molecule has 0 spiro atoms. The second-order valence-electron chi connectivity index (χ2n) is 4.54. The highest BCUT2D eigenvalue weighted by atomic mass is 35.5. The van der Waals surface area contributed by atoms with E-state index in [2.05, 4.69) is 0 Å². The predicted octanol–water partition coefficient (Wildman–Crippen LogP) is 4.04. The molecule has 0 heterocycles. The molecule has 1 atom stereocenters. The van der Waals surface area contributed by atoms with Gasteiger partial charge in [0.25, 0.3) is 0 Å². The van der Waals surface area contributed by atoms with Crippen molar-refractivity contribution < 1.29 is 9.50 Å². The molecule has 2 aromatic rings. The summed E-state index contributed by atoms with van der Waals surface area (Å²) < 4.78 is 13.3. The van der Waals surface area contributed by atoms with Crippen molar-refractivity contribution in [3.63, 3.8) is 0 Å². The maximum absolute atomic E-state index is 13.3. The molecular formula is C15H14ClFO. The smallest absolute Gasteiger partial charge is 0.123 e. The van der Waals surface area contributed by atoms with Crippen molar-refractivity contribution in [2.75, 3.05) is 0 Å². The molecule has 3 heteroatoms. The number of benzene rings is 2. The predicted molar refractivity (Wildman–Crippen MR) is 71.3 cm³/mol. The molecule has 0 bridgehead atoms. The van der Waals surface area contributed by atoms with E-state index in [4.69, 9.17) is 11.6 Å². The molecule has 2 aromatic carbocycles. The molecule has 0 saturated carbocycles. The van der Waals surface area contributed by atoms with E-state index in [1.165, 1.54) is 12.1 Å². The third kappa shape index (κ3) is 2.40. The lowest BCUT2D eigenvalue weighted by Gasteiger charge is -2.26. The second kappa shape index (κ2) is 4.71. The summed E-state index contributed by atoms with van der Waals surface area (Å²) in [6.45, 7) is 3.50. The van der Waals surface area contributed by atoms with E-state index in [9.17, 15) is 9.50 Å². The Labute approximate surface area is 111 Å². The number of halogens is 2. The van der Waals surface area contributed by atoms with Crippen LogP contribution in [-0.4, -0.2) is 5.11 Å². The summed E-state index contributed by atoms with van der Waals surface area (Å²) >= 11 is 5.82. The highest BCUT2D eigenvalue weighted by molar-refractivity contribution is 6.30. The number of rotatable bonds is 2. The standard InChI is InChI=1S/C15H14ClFO/c1-10-3-8-13(17)9-14(10)15(2,18)11-4-6-12(16)7-5-11/h3-9,18H,1-2H3. The van der Waals surface area contributed by atoms with E-state index in [1.54, 1.807) is 37.3 Å². The molecule has 0 fully saturated rings. The monoisotopic (exact) mass is 264 g/mol. The van der Waals surface area contributed by atoms with Crippen LogP contribution in [0, 0.1) is 12.7 Å². The maximum Gasteiger partial charge on any atom is 0.123 e. The van der Waals surface area contributed by atoms with Gasteiger partial charge in [0.05, 0.1) is 0 Å². The fourth-order valence-electron chi connectivity index (χ4n) is 2.05. The molecule has 1 N–H and O–H groups in total. The lowest BCUT2D eigenvalue weighted by molar-refractivity contribution is 0.101. The minimum Gasteiger partial charge on any atom is -0.381 e. The highest BCUT2D eigenvalue weighted by Gasteiger charge is 2.27. The van der Waals surface area contributed by atoms with Gasteiger partial charge in [-0.25, -0.2) is 4.39 Å². The first-order valence-corrected chi connectivity index (χ1v) is 6.04. The summed E-state index contributed by atoms with van der Waals surface area (Å²) in [5.41, 5.74) is 0.846. The summed E-state index contributed by atoms with van der Waals surface area (Å²) in [5, 5.41) is 11.2. The Morgan fingerprint density at radius 3 is 2.33 bits per heavy atom. The first-order chi connectivity index (χ1) is 8.41. The normalized spacial score (nSPS) is 14.3. The Morgan fingerprint density at radius 1 is 1.11 bits per heavy atom. The summed E-state index contributed by atoms with van der Waals surface area (Å²) in [6.07, 6.45) is 0. The molecule has 0 aliphatic carbocycles. The molecule has 94 valence electrons. The summed E-state index contributed by atoms with van der Waals surface area (Å²) in [7, 11) is 0. The topological polar surface area (TPSA) is 20.2 Å². The van der Waals surface area contributed by atoms with Crippen LogP contribution in [0.15, 0.2) is 42.5 Å². The van der Waals surface area contributed by atoms with Gasteiger partial charge in [0.15, 0.2) is 0 Å². The van der Waals surface area contributed by atoms with E-state index in [-0.39, 0.29) is 5.82 Å². The molecule has 0 saturated heterocycles. The molecule has 0 aliphatic rings. The molecule has 0 aromatic heterocycles. The van der Waals surface area contributed by atoms with Crippen LogP contribution < -0.4 is 0 Å². The van der Waals surface area contributed by atoms with Crippen molar-refractivity contribution in [3.05, 3.63) is 70.0 Å². The largest absolute Gasteiger partial charge is 0.381 e. The van der Waals surface area contributed by atoms with Crippen molar-refractivity contribution in [2.24, 2.45) is 0 Å². The van der Waals surface area contributed by atoms with Crippen molar-refractivity contribution in [3.8, 4) is 0 Å². The zero-order chi connectivity index (χ0) is 13.3. The van der Waals surface area contributed by atoms with Gasteiger partial charge in [-0.15, -0.1) is 0 Å². The zero-order valence-electron chi connectivity index (χ0n) is 10.2. The molecule has 0 aliphatic heterocycles. The van der Waals surface area contributed by atoms with Gasteiger partial charge in [0.1, 0.15) is 11.4 Å². The molecule has 1 unspecified atom stereocenters. The Hall–Kier alpha value is -1.38. The third-order valence-corrected chi connectivity index (χ3v) is 3.38. The first-order valence-electron chi connectivity index (χ1n) is 5.66. The van der Waals surface area contributed by atoms with Gasteiger partial charge in [-0.05, 0) is 54.8 Å². The molecule has 0 amide bonds.